The van der Waals surface area contributed by atoms with Crippen molar-refractivity contribution in [1.82, 2.24) is 0 Å². The third-order valence-corrected chi connectivity index (χ3v) is 3.65. The van der Waals surface area contributed by atoms with Gasteiger partial charge in [-0.3, -0.25) is 0 Å². The molecular formula is C14H20FNO. The molecule has 94 valence electrons. The molecule has 0 radical (unpaired) electrons. The lowest BCUT2D eigenvalue weighted by Gasteiger charge is -2.35. The molecule has 2 nitrogen and oxygen atoms in total. The van der Waals surface area contributed by atoms with Gasteiger partial charge in [0.15, 0.2) is 0 Å². The van der Waals surface area contributed by atoms with Crippen LogP contribution in [0.2, 0.25) is 0 Å². The van der Waals surface area contributed by atoms with Gasteiger partial charge in [-0.1, -0.05) is 25.3 Å². The van der Waals surface area contributed by atoms with Crippen LogP contribution in [0, 0.1) is 5.82 Å². The molecule has 1 aliphatic carbocycles. The van der Waals surface area contributed by atoms with Gasteiger partial charge in [0.05, 0.1) is 6.61 Å². The summed E-state index contributed by atoms with van der Waals surface area (Å²) >= 11 is 0. The zero-order valence-electron chi connectivity index (χ0n) is 10.3. The van der Waals surface area contributed by atoms with Gasteiger partial charge in [0.1, 0.15) is 5.82 Å². The first-order valence-electron chi connectivity index (χ1n) is 6.22. The van der Waals surface area contributed by atoms with Crippen molar-refractivity contribution in [2.24, 2.45) is 5.73 Å². The van der Waals surface area contributed by atoms with Crippen LogP contribution in [0.3, 0.4) is 0 Å². The average Bonchev–Trinajstić information content (AvgIpc) is 2.30. The average molecular weight is 237 g/mol. The Balaban J connectivity index is 2.35. The predicted molar refractivity (Wildman–Crippen MR) is 66.1 cm³/mol. The molecule has 17 heavy (non-hydrogen) atoms. The summed E-state index contributed by atoms with van der Waals surface area (Å²) in [5.41, 5.74) is 8.13. The van der Waals surface area contributed by atoms with Crippen LogP contribution in [0.25, 0.3) is 0 Å². The van der Waals surface area contributed by atoms with Crippen LogP contribution in [0.5, 0.6) is 0 Å². The second-order valence-corrected chi connectivity index (χ2v) is 4.95. The van der Waals surface area contributed by atoms with Crippen LogP contribution in [0.4, 0.5) is 4.39 Å². The number of methoxy groups -OCH3 is 1. The molecule has 0 aliphatic heterocycles. The predicted octanol–water partition coefficient (Wildman–Crippen LogP) is 3.09. The van der Waals surface area contributed by atoms with Crippen LogP contribution in [0.1, 0.15) is 43.2 Å². The fraction of sp³-hybridized carbons (Fsp3) is 0.571. The lowest BCUT2D eigenvalue weighted by Crippen LogP contribution is -2.39. The van der Waals surface area contributed by atoms with Crippen LogP contribution in [-0.2, 0) is 16.9 Å². The van der Waals surface area contributed by atoms with Crippen LogP contribution in [-0.4, -0.2) is 7.11 Å². The standard InChI is InChI=1S/C14H20FNO/c1-17-10-11-9-12(15)5-6-13(11)14(16)7-3-2-4-8-14/h5-6,9H,2-4,7-8,10,16H2,1H3. The molecule has 2 rings (SSSR count). The third kappa shape index (κ3) is 2.67. The summed E-state index contributed by atoms with van der Waals surface area (Å²) in [6, 6.07) is 4.87. The first kappa shape index (κ1) is 12.5. The molecule has 0 amide bonds. The van der Waals surface area contributed by atoms with Crippen molar-refractivity contribution in [3.8, 4) is 0 Å². The maximum Gasteiger partial charge on any atom is 0.123 e. The maximum absolute atomic E-state index is 13.3. The molecule has 1 aliphatic rings. The molecule has 0 aromatic heterocycles. The molecule has 0 heterocycles. The molecule has 3 heteroatoms. The Morgan fingerprint density at radius 2 is 2.00 bits per heavy atom. The Bertz CT molecular complexity index is 386. The number of benzene rings is 1. The Hall–Kier alpha value is -0.930. The zero-order chi connectivity index (χ0) is 12.3. The lowest BCUT2D eigenvalue weighted by molar-refractivity contribution is 0.180. The molecule has 2 N–H and O–H groups in total. The lowest BCUT2D eigenvalue weighted by atomic mass is 9.76. The molecule has 1 saturated carbocycles. The van der Waals surface area contributed by atoms with E-state index in [1.807, 2.05) is 6.07 Å². The topological polar surface area (TPSA) is 35.2 Å². The van der Waals surface area contributed by atoms with Gasteiger partial charge in [0.2, 0.25) is 0 Å². The van der Waals surface area contributed by atoms with Crippen molar-refractivity contribution in [3.05, 3.63) is 35.1 Å². The van der Waals surface area contributed by atoms with E-state index in [9.17, 15) is 4.39 Å². The van der Waals surface area contributed by atoms with Crippen molar-refractivity contribution >= 4 is 0 Å². The van der Waals surface area contributed by atoms with Gasteiger partial charge in [-0.05, 0) is 36.1 Å². The van der Waals surface area contributed by atoms with Gasteiger partial charge in [-0.2, -0.15) is 0 Å². The minimum atomic E-state index is -0.292. The van der Waals surface area contributed by atoms with Crippen molar-refractivity contribution < 1.29 is 9.13 Å². The first-order valence-corrected chi connectivity index (χ1v) is 6.22. The van der Waals surface area contributed by atoms with Gasteiger partial charge < -0.3 is 10.5 Å². The molecule has 0 bridgehead atoms. The van der Waals surface area contributed by atoms with Crippen molar-refractivity contribution in [3.63, 3.8) is 0 Å². The molecule has 1 aromatic rings. The van der Waals surface area contributed by atoms with Crippen molar-refractivity contribution in [2.75, 3.05) is 7.11 Å². The summed E-state index contributed by atoms with van der Waals surface area (Å²) in [5, 5.41) is 0. The van der Waals surface area contributed by atoms with E-state index in [4.69, 9.17) is 10.5 Å². The van der Waals surface area contributed by atoms with E-state index in [1.165, 1.54) is 12.5 Å². The van der Waals surface area contributed by atoms with E-state index in [0.29, 0.717) is 6.61 Å². The van der Waals surface area contributed by atoms with Gasteiger partial charge in [0, 0.05) is 12.6 Å². The van der Waals surface area contributed by atoms with Gasteiger partial charge in [-0.15, -0.1) is 0 Å². The largest absolute Gasteiger partial charge is 0.380 e. The van der Waals surface area contributed by atoms with Crippen LogP contribution in [0.15, 0.2) is 18.2 Å². The van der Waals surface area contributed by atoms with Gasteiger partial charge in [0.25, 0.3) is 0 Å². The van der Waals surface area contributed by atoms with E-state index < -0.39 is 0 Å². The fourth-order valence-electron chi connectivity index (χ4n) is 2.77. The number of nitrogens with two attached hydrogens (primary N) is 1. The van der Waals surface area contributed by atoms with E-state index in [2.05, 4.69) is 0 Å². The minimum absolute atomic E-state index is 0.222. The summed E-state index contributed by atoms with van der Waals surface area (Å²) < 4.78 is 18.4. The smallest absolute Gasteiger partial charge is 0.123 e. The quantitative estimate of drug-likeness (QED) is 0.876. The number of ether oxygens (including phenoxy) is 1. The highest BCUT2D eigenvalue weighted by molar-refractivity contribution is 5.34. The molecule has 0 saturated heterocycles. The number of rotatable bonds is 3. The van der Waals surface area contributed by atoms with Crippen LogP contribution < -0.4 is 5.73 Å². The van der Waals surface area contributed by atoms with Gasteiger partial charge in [-0.25, -0.2) is 4.39 Å². The summed E-state index contributed by atoms with van der Waals surface area (Å²) in [6.45, 7) is 0.423. The summed E-state index contributed by atoms with van der Waals surface area (Å²) in [4.78, 5) is 0. The number of hydrogen-bond donors (Lipinski definition) is 1. The highest BCUT2D eigenvalue weighted by Crippen LogP contribution is 2.36. The normalized spacial score (nSPS) is 19.2. The van der Waals surface area contributed by atoms with Crippen LogP contribution >= 0.6 is 0 Å². The third-order valence-electron chi connectivity index (χ3n) is 3.65. The monoisotopic (exact) mass is 237 g/mol. The Morgan fingerprint density at radius 1 is 1.29 bits per heavy atom. The number of halogens is 1. The fourth-order valence-corrected chi connectivity index (χ4v) is 2.77. The van der Waals surface area contributed by atoms with E-state index in [0.717, 1.165) is 36.8 Å². The Labute approximate surface area is 102 Å². The molecule has 1 aromatic carbocycles. The highest BCUT2D eigenvalue weighted by Gasteiger charge is 2.31. The van der Waals surface area contributed by atoms with Crippen molar-refractivity contribution in [1.29, 1.82) is 0 Å². The Morgan fingerprint density at radius 3 is 2.65 bits per heavy atom. The number of hydrogen-bond acceptors (Lipinski definition) is 2. The molecule has 1 fully saturated rings. The second kappa shape index (κ2) is 5.15. The van der Waals surface area contributed by atoms with E-state index >= 15 is 0 Å². The summed E-state index contributed by atoms with van der Waals surface area (Å²) in [7, 11) is 1.62. The van der Waals surface area contributed by atoms with E-state index in [1.54, 1.807) is 13.2 Å². The van der Waals surface area contributed by atoms with E-state index in [-0.39, 0.29) is 11.4 Å². The summed E-state index contributed by atoms with van der Waals surface area (Å²) in [6.07, 6.45) is 5.52. The SMILES string of the molecule is COCc1cc(F)ccc1C1(N)CCCCC1. The first-order chi connectivity index (χ1) is 8.15. The molecular weight excluding hydrogens is 217 g/mol. The minimum Gasteiger partial charge on any atom is -0.380 e. The summed E-state index contributed by atoms with van der Waals surface area (Å²) in [5.74, 6) is -0.222. The second-order valence-electron chi connectivity index (χ2n) is 4.95. The zero-order valence-corrected chi connectivity index (χ0v) is 10.3. The molecule has 0 unspecified atom stereocenters. The molecule has 0 atom stereocenters. The maximum atomic E-state index is 13.3. The molecule has 0 spiro atoms. The highest BCUT2D eigenvalue weighted by atomic mass is 19.1. The van der Waals surface area contributed by atoms with Gasteiger partial charge >= 0.3 is 0 Å². The van der Waals surface area contributed by atoms with Crippen molar-refractivity contribution in [2.45, 2.75) is 44.2 Å². The Kier molecular flexibility index (Phi) is 3.79.